The lowest BCUT2D eigenvalue weighted by Gasteiger charge is -2.33. The highest BCUT2D eigenvalue weighted by Gasteiger charge is 2.33. The van der Waals surface area contributed by atoms with Crippen LogP contribution >= 0.6 is 11.5 Å². The molecule has 0 N–H and O–H groups in total. The van der Waals surface area contributed by atoms with Crippen molar-refractivity contribution >= 4 is 23.4 Å². The topological polar surface area (TPSA) is 72.4 Å². The van der Waals surface area contributed by atoms with Crippen LogP contribution in [0, 0.1) is 0 Å². The molecule has 1 atom stereocenters. The Bertz CT molecular complexity index is 407. The maximum absolute atomic E-state index is 12.1. The maximum atomic E-state index is 12.1. The minimum atomic E-state index is -0.469. The number of hydrogen-bond donors (Lipinski definition) is 0. The van der Waals surface area contributed by atoms with Crippen molar-refractivity contribution in [2.45, 2.75) is 25.3 Å². The Morgan fingerprint density at radius 1 is 1.53 bits per heavy atom. The molecule has 1 aliphatic rings. The number of amides is 1. The van der Waals surface area contributed by atoms with E-state index >= 15 is 0 Å². The second-order valence-corrected chi connectivity index (χ2v) is 4.60. The van der Waals surface area contributed by atoms with E-state index < -0.39 is 6.04 Å². The molecular formula is C10H13N3O3S. The summed E-state index contributed by atoms with van der Waals surface area (Å²) in [5, 5.41) is 3.63. The van der Waals surface area contributed by atoms with Gasteiger partial charge in [-0.1, -0.05) is 4.49 Å². The van der Waals surface area contributed by atoms with Gasteiger partial charge in [0.15, 0.2) is 0 Å². The van der Waals surface area contributed by atoms with Gasteiger partial charge < -0.3 is 9.64 Å². The van der Waals surface area contributed by atoms with Crippen LogP contribution in [0.5, 0.6) is 0 Å². The minimum Gasteiger partial charge on any atom is -0.467 e. The molecule has 1 saturated heterocycles. The number of esters is 1. The number of likely N-dealkylation sites (tertiary alicyclic amines) is 1. The zero-order valence-corrected chi connectivity index (χ0v) is 10.3. The third kappa shape index (κ3) is 2.44. The fourth-order valence-electron chi connectivity index (χ4n) is 1.96. The minimum absolute atomic E-state index is 0.185. The molecule has 1 fully saturated rings. The Kier molecular flexibility index (Phi) is 3.68. The van der Waals surface area contributed by atoms with Gasteiger partial charge in [-0.15, -0.1) is 5.10 Å². The Morgan fingerprint density at radius 3 is 3.00 bits per heavy atom. The first-order valence-electron chi connectivity index (χ1n) is 5.40. The fourth-order valence-corrected chi connectivity index (χ4v) is 2.43. The van der Waals surface area contributed by atoms with Crippen LogP contribution in [-0.2, 0) is 9.53 Å². The zero-order valence-electron chi connectivity index (χ0n) is 9.46. The highest BCUT2D eigenvalue weighted by Crippen LogP contribution is 2.21. The monoisotopic (exact) mass is 255 g/mol. The molecule has 1 amide bonds. The van der Waals surface area contributed by atoms with Gasteiger partial charge in [-0.05, 0) is 30.8 Å². The molecule has 6 nitrogen and oxygen atoms in total. The summed E-state index contributed by atoms with van der Waals surface area (Å²) in [6, 6.07) is -0.469. The van der Waals surface area contributed by atoms with Crippen molar-refractivity contribution in [1.29, 1.82) is 0 Å². The summed E-state index contributed by atoms with van der Waals surface area (Å²) < 4.78 is 8.38. The second-order valence-electron chi connectivity index (χ2n) is 3.82. The van der Waals surface area contributed by atoms with Crippen LogP contribution in [-0.4, -0.2) is 46.1 Å². The van der Waals surface area contributed by atoms with Crippen LogP contribution in [0.1, 0.15) is 28.9 Å². The van der Waals surface area contributed by atoms with E-state index in [1.165, 1.54) is 13.3 Å². The number of nitrogens with zero attached hydrogens (tertiary/aromatic N) is 3. The summed E-state index contributed by atoms with van der Waals surface area (Å²) in [7, 11) is 1.34. The predicted octanol–water partition coefficient (Wildman–Crippen LogP) is 0.706. The van der Waals surface area contributed by atoms with Gasteiger partial charge in [-0.3, -0.25) is 4.79 Å². The predicted molar refractivity (Wildman–Crippen MR) is 60.6 cm³/mol. The molecule has 0 aromatic carbocycles. The van der Waals surface area contributed by atoms with E-state index in [1.807, 2.05) is 0 Å². The normalized spacial score (nSPS) is 20.1. The summed E-state index contributed by atoms with van der Waals surface area (Å²) in [6.45, 7) is 0.580. The molecule has 0 saturated carbocycles. The SMILES string of the molecule is COC(=O)[C@H]1CCCCN1C(=O)c1cnns1. The Balaban J connectivity index is 2.16. The van der Waals surface area contributed by atoms with E-state index in [-0.39, 0.29) is 11.9 Å². The molecule has 0 bridgehead atoms. The Labute approximate surface area is 103 Å². The third-order valence-corrected chi connectivity index (χ3v) is 3.46. The fraction of sp³-hybridized carbons (Fsp3) is 0.600. The maximum Gasteiger partial charge on any atom is 0.328 e. The lowest BCUT2D eigenvalue weighted by Crippen LogP contribution is -2.48. The number of rotatable bonds is 2. The Morgan fingerprint density at radius 2 is 2.35 bits per heavy atom. The molecule has 17 heavy (non-hydrogen) atoms. The first-order chi connectivity index (χ1) is 8.24. The molecule has 0 radical (unpaired) electrons. The number of carbonyl (C=O) groups is 2. The van der Waals surface area contributed by atoms with Crippen molar-refractivity contribution in [2.75, 3.05) is 13.7 Å². The van der Waals surface area contributed by atoms with Gasteiger partial charge in [0.05, 0.1) is 13.3 Å². The van der Waals surface area contributed by atoms with Crippen molar-refractivity contribution in [3.05, 3.63) is 11.1 Å². The first kappa shape index (κ1) is 12.0. The van der Waals surface area contributed by atoms with Gasteiger partial charge >= 0.3 is 5.97 Å². The van der Waals surface area contributed by atoms with E-state index in [2.05, 4.69) is 9.59 Å². The second kappa shape index (κ2) is 5.22. The molecule has 1 aromatic rings. The number of ether oxygens (including phenoxy) is 1. The summed E-state index contributed by atoms with van der Waals surface area (Å²) in [4.78, 5) is 25.8. The quantitative estimate of drug-likeness (QED) is 0.728. The molecule has 1 aromatic heterocycles. The van der Waals surface area contributed by atoms with Gasteiger partial charge in [0.2, 0.25) is 0 Å². The number of piperidine rings is 1. The molecule has 0 aliphatic carbocycles. The van der Waals surface area contributed by atoms with Gasteiger partial charge in [0.1, 0.15) is 10.9 Å². The van der Waals surface area contributed by atoms with Crippen LogP contribution in [0.3, 0.4) is 0 Å². The number of hydrogen-bond acceptors (Lipinski definition) is 6. The molecule has 1 aliphatic heterocycles. The molecule has 7 heteroatoms. The largest absolute Gasteiger partial charge is 0.467 e. The van der Waals surface area contributed by atoms with Crippen LogP contribution in [0.2, 0.25) is 0 Å². The van der Waals surface area contributed by atoms with Crippen molar-refractivity contribution in [3.63, 3.8) is 0 Å². The smallest absolute Gasteiger partial charge is 0.328 e. The highest BCUT2D eigenvalue weighted by atomic mass is 32.1. The van der Waals surface area contributed by atoms with Crippen molar-refractivity contribution in [3.8, 4) is 0 Å². The molecule has 2 rings (SSSR count). The standard InChI is InChI=1S/C10H13N3O3S/c1-16-10(15)7-4-2-3-5-13(7)9(14)8-6-11-12-17-8/h6-7H,2-5H2,1H3/t7-/m1/s1. The molecule has 92 valence electrons. The van der Waals surface area contributed by atoms with Gasteiger partial charge in [-0.2, -0.15) is 0 Å². The first-order valence-corrected chi connectivity index (χ1v) is 6.17. The highest BCUT2D eigenvalue weighted by molar-refractivity contribution is 7.07. The number of aromatic nitrogens is 2. The van der Waals surface area contributed by atoms with Gasteiger partial charge in [-0.25, -0.2) is 4.79 Å². The summed E-state index contributed by atoms with van der Waals surface area (Å²) in [5.74, 6) is -0.536. The Hall–Kier alpha value is -1.50. The van der Waals surface area contributed by atoms with E-state index in [1.54, 1.807) is 4.90 Å². The van der Waals surface area contributed by atoms with E-state index in [0.717, 1.165) is 24.4 Å². The number of carbonyl (C=O) groups excluding carboxylic acids is 2. The molecule has 0 spiro atoms. The van der Waals surface area contributed by atoms with Crippen molar-refractivity contribution in [2.24, 2.45) is 0 Å². The van der Waals surface area contributed by atoms with Crippen LogP contribution in [0.25, 0.3) is 0 Å². The molecule has 0 unspecified atom stereocenters. The van der Waals surface area contributed by atoms with Crippen molar-refractivity contribution in [1.82, 2.24) is 14.5 Å². The average molecular weight is 255 g/mol. The van der Waals surface area contributed by atoms with Crippen LogP contribution in [0.4, 0.5) is 0 Å². The lowest BCUT2D eigenvalue weighted by molar-refractivity contribution is -0.147. The summed E-state index contributed by atoms with van der Waals surface area (Å²) in [6.07, 6.45) is 3.93. The number of methoxy groups -OCH3 is 1. The van der Waals surface area contributed by atoms with E-state index in [0.29, 0.717) is 17.8 Å². The van der Waals surface area contributed by atoms with Crippen LogP contribution in [0.15, 0.2) is 6.20 Å². The van der Waals surface area contributed by atoms with E-state index in [4.69, 9.17) is 4.74 Å². The van der Waals surface area contributed by atoms with Gasteiger partial charge in [0.25, 0.3) is 5.91 Å². The third-order valence-electron chi connectivity index (χ3n) is 2.81. The van der Waals surface area contributed by atoms with Crippen LogP contribution < -0.4 is 0 Å². The zero-order chi connectivity index (χ0) is 12.3. The van der Waals surface area contributed by atoms with Gasteiger partial charge in [0, 0.05) is 6.54 Å². The average Bonchev–Trinajstić information content (AvgIpc) is 2.91. The summed E-state index contributed by atoms with van der Waals surface area (Å²) >= 11 is 1.04. The molecular weight excluding hydrogens is 242 g/mol. The summed E-state index contributed by atoms with van der Waals surface area (Å²) in [5.41, 5.74) is 0. The van der Waals surface area contributed by atoms with E-state index in [9.17, 15) is 9.59 Å². The lowest BCUT2D eigenvalue weighted by atomic mass is 10.0. The van der Waals surface area contributed by atoms with Crippen molar-refractivity contribution < 1.29 is 14.3 Å². The molecule has 2 heterocycles.